The summed E-state index contributed by atoms with van der Waals surface area (Å²) in [5, 5.41) is 3.29. The molecule has 0 aliphatic heterocycles. The van der Waals surface area contributed by atoms with Crippen LogP contribution in [0.5, 0.6) is 11.6 Å². The van der Waals surface area contributed by atoms with Gasteiger partial charge in [0.15, 0.2) is 5.82 Å². The summed E-state index contributed by atoms with van der Waals surface area (Å²) < 4.78 is 20.8. The van der Waals surface area contributed by atoms with Gasteiger partial charge in [-0.2, -0.15) is 0 Å². The summed E-state index contributed by atoms with van der Waals surface area (Å²) in [6.07, 6.45) is 3.92. The Bertz CT molecular complexity index is 659. The standard InChI is InChI=1S/C16H16BrFN2O/c1-10-2-5-14(13(17)8-10)21-16-15(18)11(6-7-19-16)9-20-12-3-4-12/h2,5-8,12,20H,3-4,9H2,1H3. The number of aryl methyl sites for hydroxylation is 1. The SMILES string of the molecule is Cc1ccc(Oc2nccc(CNC3CC3)c2F)c(Br)c1. The molecule has 0 unspecified atom stereocenters. The minimum absolute atomic E-state index is 0.00894. The molecule has 1 aromatic carbocycles. The lowest BCUT2D eigenvalue weighted by molar-refractivity contribution is 0.415. The van der Waals surface area contributed by atoms with Crippen LogP contribution in [0.4, 0.5) is 4.39 Å². The molecule has 110 valence electrons. The first kappa shape index (κ1) is 14.5. The van der Waals surface area contributed by atoms with E-state index < -0.39 is 5.82 Å². The predicted octanol–water partition coefficient (Wildman–Crippen LogP) is 4.34. The summed E-state index contributed by atoms with van der Waals surface area (Å²) in [5.74, 6) is 0.159. The lowest BCUT2D eigenvalue weighted by atomic mass is 10.2. The van der Waals surface area contributed by atoms with Gasteiger partial charge < -0.3 is 10.1 Å². The lowest BCUT2D eigenvalue weighted by Crippen LogP contribution is -2.16. The Balaban J connectivity index is 1.79. The summed E-state index contributed by atoms with van der Waals surface area (Å²) in [7, 11) is 0. The van der Waals surface area contributed by atoms with Crippen LogP contribution in [0.3, 0.4) is 0 Å². The van der Waals surface area contributed by atoms with Crippen molar-refractivity contribution in [2.75, 3.05) is 0 Å². The van der Waals surface area contributed by atoms with Crippen molar-refractivity contribution in [2.45, 2.75) is 32.4 Å². The third-order valence-corrected chi connectivity index (χ3v) is 4.01. The monoisotopic (exact) mass is 350 g/mol. The van der Waals surface area contributed by atoms with Crippen LogP contribution >= 0.6 is 15.9 Å². The molecule has 3 rings (SSSR count). The molecule has 1 fully saturated rings. The van der Waals surface area contributed by atoms with Crippen molar-refractivity contribution in [1.29, 1.82) is 0 Å². The Morgan fingerprint density at radius 3 is 2.90 bits per heavy atom. The molecule has 0 bridgehead atoms. The van der Waals surface area contributed by atoms with Crippen LogP contribution in [-0.4, -0.2) is 11.0 Å². The Kier molecular flexibility index (Phi) is 4.22. The smallest absolute Gasteiger partial charge is 0.256 e. The molecule has 1 heterocycles. The van der Waals surface area contributed by atoms with Crippen LogP contribution < -0.4 is 10.1 Å². The highest BCUT2D eigenvalue weighted by molar-refractivity contribution is 9.10. The van der Waals surface area contributed by atoms with E-state index in [1.165, 1.54) is 12.8 Å². The van der Waals surface area contributed by atoms with Gasteiger partial charge in [-0.25, -0.2) is 9.37 Å². The number of pyridine rings is 1. The van der Waals surface area contributed by atoms with E-state index in [-0.39, 0.29) is 5.88 Å². The summed E-state index contributed by atoms with van der Waals surface area (Å²) in [4.78, 5) is 3.99. The lowest BCUT2D eigenvalue weighted by Gasteiger charge is -2.11. The van der Waals surface area contributed by atoms with E-state index in [4.69, 9.17) is 4.74 Å². The molecule has 0 amide bonds. The molecule has 0 radical (unpaired) electrons. The largest absolute Gasteiger partial charge is 0.435 e. The predicted molar refractivity (Wildman–Crippen MR) is 83.0 cm³/mol. The van der Waals surface area contributed by atoms with Crippen molar-refractivity contribution < 1.29 is 9.13 Å². The Labute approximate surface area is 131 Å². The van der Waals surface area contributed by atoms with Crippen molar-refractivity contribution in [3.63, 3.8) is 0 Å². The van der Waals surface area contributed by atoms with Gasteiger partial charge in [-0.15, -0.1) is 0 Å². The number of hydrogen-bond donors (Lipinski definition) is 1. The molecule has 21 heavy (non-hydrogen) atoms. The van der Waals surface area contributed by atoms with Crippen LogP contribution in [0, 0.1) is 12.7 Å². The van der Waals surface area contributed by atoms with Crippen molar-refractivity contribution in [3.8, 4) is 11.6 Å². The molecule has 3 nitrogen and oxygen atoms in total. The van der Waals surface area contributed by atoms with Gasteiger partial charge in [0.1, 0.15) is 5.75 Å². The fraction of sp³-hybridized carbons (Fsp3) is 0.312. The average Bonchev–Trinajstić information content (AvgIpc) is 3.27. The molecule has 1 saturated carbocycles. The second kappa shape index (κ2) is 6.12. The van der Waals surface area contributed by atoms with Crippen molar-refractivity contribution in [3.05, 3.63) is 51.9 Å². The maximum Gasteiger partial charge on any atom is 0.256 e. The van der Waals surface area contributed by atoms with E-state index >= 15 is 0 Å². The van der Waals surface area contributed by atoms with E-state index in [1.54, 1.807) is 18.3 Å². The summed E-state index contributed by atoms with van der Waals surface area (Å²) in [6, 6.07) is 7.85. The topological polar surface area (TPSA) is 34.1 Å². The normalized spacial score (nSPS) is 14.2. The molecular weight excluding hydrogens is 335 g/mol. The van der Waals surface area contributed by atoms with E-state index in [1.807, 2.05) is 19.1 Å². The first-order valence-electron chi connectivity index (χ1n) is 6.94. The van der Waals surface area contributed by atoms with Gasteiger partial charge in [0.05, 0.1) is 4.47 Å². The number of aromatic nitrogens is 1. The third kappa shape index (κ3) is 3.60. The first-order valence-corrected chi connectivity index (χ1v) is 7.73. The van der Waals surface area contributed by atoms with Gasteiger partial charge in [-0.1, -0.05) is 6.07 Å². The zero-order chi connectivity index (χ0) is 14.8. The van der Waals surface area contributed by atoms with Gasteiger partial charge in [-0.3, -0.25) is 0 Å². The number of hydrogen-bond acceptors (Lipinski definition) is 3. The molecule has 1 aliphatic rings. The van der Waals surface area contributed by atoms with E-state index in [9.17, 15) is 4.39 Å². The minimum Gasteiger partial charge on any atom is -0.435 e. The first-order chi connectivity index (χ1) is 10.1. The van der Waals surface area contributed by atoms with Crippen LogP contribution in [-0.2, 0) is 6.54 Å². The maximum atomic E-state index is 14.4. The van der Waals surface area contributed by atoms with Crippen LogP contribution in [0.1, 0.15) is 24.0 Å². The van der Waals surface area contributed by atoms with Gasteiger partial charge >= 0.3 is 0 Å². The number of nitrogens with zero attached hydrogens (tertiary/aromatic N) is 1. The summed E-state index contributed by atoms with van der Waals surface area (Å²) >= 11 is 3.42. The number of rotatable bonds is 5. The Morgan fingerprint density at radius 2 is 2.19 bits per heavy atom. The molecule has 2 aromatic rings. The number of benzene rings is 1. The van der Waals surface area contributed by atoms with E-state index in [0.717, 1.165) is 10.0 Å². The van der Waals surface area contributed by atoms with Gasteiger partial charge in [-0.05, 0) is 59.5 Å². The van der Waals surface area contributed by atoms with Crippen molar-refractivity contribution in [2.24, 2.45) is 0 Å². The third-order valence-electron chi connectivity index (χ3n) is 3.39. The zero-order valence-corrected chi connectivity index (χ0v) is 13.3. The Morgan fingerprint density at radius 1 is 1.38 bits per heavy atom. The zero-order valence-electron chi connectivity index (χ0n) is 11.7. The van der Waals surface area contributed by atoms with E-state index in [2.05, 4.69) is 26.2 Å². The van der Waals surface area contributed by atoms with Gasteiger partial charge in [0.2, 0.25) is 0 Å². The molecule has 1 aromatic heterocycles. The molecular formula is C16H16BrFN2O. The minimum atomic E-state index is -0.405. The molecule has 5 heteroatoms. The second-order valence-corrected chi connectivity index (χ2v) is 6.13. The van der Waals surface area contributed by atoms with Crippen LogP contribution in [0.2, 0.25) is 0 Å². The van der Waals surface area contributed by atoms with Crippen molar-refractivity contribution >= 4 is 15.9 Å². The van der Waals surface area contributed by atoms with Gasteiger partial charge in [0.25, 0.3) is 5.88 Å². The molecule has 0 saturated heterocycles. The fourth-order valence-electron chi connectivity index (χ4n) is 2.00. The summed E-state index contributed by atoms with van der Waals surface area (Å²) in [6.45, 7) is 2.49. The number of nitrogens with one attached hydrogen (secondary N) is 1. The van der Waals surface area contributed by atoms with Crippen molar-refractivity contribution in [1.82, 2.24) is 10.3 Å². The fourth-order valence-corrected chi connectivity index (χ4v) is 2.58. The highest BCUT2D eigenvalue weighted by atomic mass is 79.9. The molecule has 0 atom stereocenters. The summed E-state index contributed by atoms with van der Waals surface area (Å²) in [5.41, 5.74) is 1.68. The van der Waals surface area contributed by atoms with Gasteiger partial charge in [0, 0.05) is 24.3 Å². The van der Waals surface area contributed by atoms with Crippen LogP contribution in [0.25, 0.3) is 0 Å². The second-order valence-electron chi connectivity index (χ2n) is 5.28. The number of ether oxygens (including phenoxy) is 1. The van der Waals surface area contributed by atoms with Crippen LogP contribution in [0.15, 0.2) is 34.9 Å². The molecule has 1 N–H and O–H groups in total. The quantitative estimate of drug-likeness (QED) is 0.870. The maximum absolute atomic E-state index is 14.4. The Hall–Kier alpha value is -1.46. The number of halogens is 2. The van der Waals surface area contributed by atoms with E-state index in [0.29, 0.717) is 23.9 Å². The average molecular weight is 351 g/mol. The highest BCUT2D eigenvalue weighted by Crippen LogP contribution is 2.31. The molecule has 0 spiro atoms. The molecule has 1 aliphatic carbocycles. The highest BCUT2D eigenvalue weighted by Gasteiger charge is 2.21.